The predicted molar refractivity (Wildman–Crippen MR) is 130 cm³/mol. The fraction of sp³-hybridized carbons (Fsp3) is 0.240. The molecule has 3 heterocycles. The molecule has 2 aromatic carbocycles. The van der Waals surface area contributed by atoms with Gasteiger partial charge >= 0.3 is 5.97 Å². The molecule has 3 aromatic rings. The van der Waals surface area contributed by atoms with Crippen molar-refractivity contribution in [2.75, 3.05) is 12.3 Å². The van der Waals surface area contributed by atoms with Crippen molar-refractivity contribution in [3.05, 3.63) is 78.6 Å². The van der Waals surface area contributed by atoms with E-state index in [2.05, 4.69) is 5.32 Å². The molecule has 34 heavy (non-hydrogen) atoms. The quantitative estimate of drug-likeness (QED) is 0.485. The van der Waals surface area contributed by atoms with Crippen LogP contribution in [-0.4, -0.2) is 56.3 Å². The number of nitrogens with one attached hydrogen (secondary N) is 1. The fourth-order valence-electron chi connectivity index (χ4n) is 4.19. The number of nitrogens with zero attached hydrogens (tertiary/aromatic N) is 1. The summed E-state index contributed by atoms with van der Waals surface area (Å²) in [6, 6.07) is 19.8. The Balaban J connectivity index is 1.29. The lowest BCUT2D eigenvalue weighted by atomic mass is 10.0. The Morgan fingerprint density at radius 2 is 1.88 bits per heavy atom. The number of aliphatic carboxylic acids is 1. The molecule has 2 aliphatic rings. The number of fused-ring (bicyclic) bond motifs is 1. The van der Waals surface area contributed by atoms with Gasteiger partial charge in [0.15, 0.2) is 0 Å². The maximum absolute atomic E-state index is 12.9. The van der Waals surface area contributed by atoms with E-state index in [-0.39, 0.29) is 30.2 Å². The van der Waals surface area contributed by atoms with Crippen molar-refractivity contribution in [3.8, 4) is 11.3 Å². The summed E-state index contributed by atoms with van der Waals surface area (Å²) in [5.74, 6) is -0.474. The molecule has 2 aliphatic heterocycles. The van der Waals surface area contributed by atoms with Crippen LogP contribution in [0.3, 0.4) is 0 Å². The topological polar surface area (TPSA) is 99.9 Å². The Labute approximate surface area is 204 Å². The van der Waals surface area contributed by atoms with Crippen molar-refractivity contribution < 1.29 is 23.9 Å². The van der Waals surface area contributed by atoms with Crippen LogP contribution in [0.4, 0.5) is 0 Å². The average molecular weight is 495 g/mol. The molecule has 2 N–H and O–H groups in total. The molecular formula is C25H22N2O5S2. The average Bonchev–Trinajstić information content (AvgIpc) is 3.38. The molecule has 7 nitrogen and oxygen atoms in total. The number of rotatable bonds is 7. The third kappa shape index (κ3) is 4.21. The van der Waals surface area contributed by atoms with Gasteiger partial charge in [-0.15, -0.1) is 23.5 Å². The number of β-lactam (4-membered cyclic amide) rings is 1. The molecule has 0 bridgehead atoms. The second-order valence-corrected chi connectivity index (χ2v) is 10.8. The van der Waals surface area contributed by atoms with Crippen LogP contribution < -0.4 is 5.32 Å². The summed E-state index contributed by atoms with van der Waals surface area (Å²) in [7, 11) is 0. The molecule has 0 spiro atoms. The van der Waals surface area contributed by atoms with Gasteiger partial charge in [0, 0.05) is 22.8 Å². The van der Waals surface area contributed by atoms with Crippen molar-refractivity contribution in [2.45, 2.75) is 27.5 Å². The highest BCUT2D eigenvalue weighted by atomic mass is 32.2. The molecule has 0 radical (unpaired) electrons. The van der Waals surface area contributed by atoms with E-state index >= 15 is 0 Å². The molecule has 174 valence electrons. The summed E-state index contributed by atoms with van der Waals surface area (Å²) in [6.07, 6.45) is 1.77. The lowest BCUT2D eigenvalue weighted by molar-refractivity contribution is -0.152. The summed E-state index contributed by atoms with van der Waals surface area (Å²) < 4.78 is 4.32. The zero-order chi connectivity index (χ0) is 23.7. The van der Waals surface area contributed by atoms with E-state index in [0.717, 1.165) is 16.0 Å². The number of thioether (sulfide) groups is 2. The highest BCUT2D eigenvalue weighted by molar-refractivity contribution is 8.05. The number of carboxylic acids is 1. The molecule has 0 aliphatic carbocycles. The minimum absolute atomic E-state index is 0.0705. The number of benzene rings is 2. The predicted octanol–water partition coefficient (Wildman–Crippen LogP) is 3.50. The van der Waals surface area contributed by atoms with Crippen LogP contribution in [-0.2, 0) is 20.8 Å². The largest absolute Gasteiger partial charge is 0.480 e. The van der Waals surface area contributed by atoms with Crippen LogP contribution in [0.2, 0.25) is 0 Å². The maximum Gasteiger partial charge on any atom is 0.322 e. The minimum Gasteiger partial charge on any atom is -0.480 e. The van der Waals surface area contributed by atoms with Crippen molar-refractivity contribution in [1.82, 2.24) is 10.2 Å². The van der Waals surface area contributed by atoms with Crippen molar-refractivity contribution >= 4 is 41.3 Å². The molecule has 0 saturated carbocycles. The van der Waals surface area contributed by atoms with Gasteiger partial charge in [0.2, 0.25) is 11.8 Å². The van der Waals surface area contributed by atoms with Crippen LogP contribution in [0.5, 0.6) is 0 Å². The van der Waals surface area contributed by atoms with E-state index < -0.39 is 16.8 Å². The zero-order valence-electron chi connectivity index (χ0n) is 18.0. The number of furan rings is 1. The second kappa shape index (κ2) is 9.23. The van der Waals surface area contributed by atoms with Gasteiger partial charge in [-0.05, 0) is 23.8 Å². The molecule has 2 fully saturated rings. The standard InChI is InChI=1S/C25H22N2O5S2/c28-20(13-16-7-2-1-3-8-16)26-21-22(29)27-14-25(24(30)31,15-33-23(21)27)34-19-11-5-4-9-17(19)18-10-6-12-32-18/h1-12,21,23H,13-15H2,(H,26,28)(H,30,31)/t21-,23-,25?/m1/s1. The molecule has 1 unspecified atom stereocenters. The van der Waals surface area contributed by atoms with E-state index in [1.165, 1.54) is 23.5 Å². The maximum atomic E-state index is 12.9. The molecule has 3 atom stereocenters. The summed E-state index contributed by atoms with van der Waals surface area (Å²) in [5.41, 5.74) is 1.68. The molecule has 9 heteroatoms. The first kappa shape index (κ1) is 22.6. The van der Waals surface area contributed by atoms with Gasteiger partial charge < -0.3 is 19.7 Å². The summed E-state index contributed by atoms with van der Waals surface area (Å²) >= 11 is 2.64. The molecule has 1 aromatic heterocycles. The van der Waals surface area contributed by atoms with Crippen molar-refractivity contribution in [3.63, 3.8) is 0 Å². The smallest absolute Gasteiger partial charge is 0.322 e. The zero-order valence-corrected chi connectivity index (χ0v) is 19.7. The lowest BCUT2D eigenvalue weighted by Gasteiger charge is -2.53. The number of hydrogen-bond acceptors (Lipinski definition) is 6. The van der Waals surface area contributed by atoms with E-state index in [1.54, 1.807) is 17.2 Å². The van der Waals surface area contributed by atoms with Gasteiger partial charge in [-0.2, -0.15) is 0 Å². The molecule has 2 saturated heterocycles. The summed E-state index contributed by atoms with van der Waals surface area (Å²) in [6.45, 7) is 0.0705. The minimum atomic E-state index is -1.21. The van der Waals surface area contributed by atoms with Crippen LogP contribution in [0.15, 0.2) is 82.3 Å². The van der Waals surface area contributed by atoms with E-state index in [9.17, 15) is 19.5 Å². The van der Waals surface area contributed by atoms with E-state index in [4.69, 9.17) is 4.42 Å². The lowest BCUT2D eigenvalue weighted by Crippen LogP contribution is -2.74. The van der Waals surface area contributed by atoms with Gasteiger partial charge in [-0.3, -0.25) is 14.4 Å². The SMILES string of the molecule is O=C(Cc1ccccc1)N[C@@H]1C(=O)N2CC(Sc3ccccc3-c3ccco3)(C(=O)O)CS[C@H]12. The van der Waals surface area contributed by atoms with Gasteiger partial charge in [0.05, 0.1) is 12.7 Å². The third-order valence-corrected chi connectivity index (χ3v) is 9.07. The Morgan fingerprint density at radius 3 is 2.62 bits per heavy atom. The van der Waals surface area contributed by atoms with Crippen LogP contribution in [0.25, 0.3) is 11.3 Å². The van der Waals surface area contributed by atoms with Gasteiger partial charge in [0.25, 0.3) is 0 Å². The number of hydrogen-bond donors (Lipinski definition) is 2. The Hall–Kier alpha value is -3.17. The Morgan fingerprint density at radius 1 is 1.12 bits per heavy atom. The highest BCUT2D eigenvalue weighted by Gasteiger charge is 2.58. The Bertz CT molecular complexity index is 1220. The normalized spacial score (nSPS) is 23.6. The monoisotopic (exact) mass is 494 g/mol. The number of carbonyl (C=O) groups is 3. The van der Waals surface area contributed by atoms with Crippen LogP contribution >= 0.6 is 23.5 Å². The van der Waals surface area contributed by atoms with Crippen LogP contribution in [0.1, 0.15) is 5.56 Å². The Kier molecular flexibility index (Phi) is 6.14. The summed E-state index contributed by atoms with van der Waals surface area (Å²) in [5, 5.41) is 12.8. The van der Waals surface area contributed by atoms with Crippen molar-refractivity contribution in [1.29, 1.82) is 0 Å². The summed E-state index contributed by atoms with van der Waals surface area (Å²) in [4.78, 5) is 40.1. The van der Waals surface area contributed by atoms with E-state index in [1.807, 2.05) is 60.7 Å². The first-order valence-electron chi connectivity index (χ1n) is 10.8. The fourth-order valence-corrected chi connectivity index (χ4v) is 7.16. The highest BCUT2D eigenvalue weighted by Crippen LogP contribution is 2.48. The van der Waals surface area contributed by atoms with Crippen LogP contribution in [0, 0.1) is 0 Å². The number of carboxylic acid groups (broad SMARTS) is 1. The van der Waals surface area contributed by atoms with Gasteiger partial charge in [0.1, 0.15) is 21.9 Å². The first-order chi connectivity index (χ1) is 16.5. The van der Waals surface area contributed by atoms with Crippen molar-refractivity contribution in [2.24, 2.45) is 0 Å². The second-order valence-electron chi connectivity index (χ2n) is 8.25. The van der Waals surface area contributed by atoms with Gasteiger partial charge in [-0.25, -0.2) is 0 Å². The molecular weight excluding hydrogens is 472 g/mol. The number of amides is 2. The van der Waals surface area contributed by atoms with E-state index in [0.29, 0.717) is 11.5 Å². The molecule has 2 amide bonds. The molecule has 5 rings (SSSR count). The van der Waals surface area contributed by atoms with Gasteiger partial charge in [-0.1, -0.05) is 48.5 Å². The third-order valence-electron chi connectivity index (χ3n) is 5.95. The number of carbonyl (C=O) groups excluding carboxylic acids is 2. The first-order valence-corrected chi connectivity index (χ1v) is 12.6.